The van der Waals surface area contributed by atoms with E-state index in [1.807, 2.05) is 18.2 Å². The largest absolute Gasteiger partial charge is 0.507 e. The molecule has 2 aromatic heterocycles. The number of imidazole rings is 1. The van der Waals surface area contributed by atoms with Crippen LogP contribution in [-0.2, 0) is 20.6 Å². The van der Waals surface area contributed by atoms with Gasteiger partial charge in [-0.2, -0.15) is 10.1 Å². The molecule has 4 rings (SSSR count). The zero-order valence-electron chi connectivity index (χ0n) is 17.7. The molecule has 0 saturated heterocycles. The van der Waals surface area contributed by atoms with Gasteiger partial charge in [-0.1, -0.05) is 41.9 Å². The fraction of sp³-hybridized carbons (Fsp3) is 0.182. The minimum absolute atomic E-state index is 0.0939. The highest BCUT2D eigenvalue weighted by molar-refractivity contribution is 6.31. The van der Waals surface area contributed by atoms with Gasteiger partial charge in [0.25, 0.3) is 5.56 Å². The number of para-hydroxylation sites is 1. The van der Waals surface area contributed by atoms with Crippen molar-refractivity contribution in [3.63, 3.8) is 0 Å². The Labute approximate surface area is 187 Å². The number of phenolic OH excluding ortho intramolecular Hbond substituents is 1. The number of rotatable bonds is 5. The minimum atomic E-state index is -0.481. The monoisotopic (exact) mass is 452 g/mol. The first kappa shape index (κ1) is 21.4. The second kappa shape index (κ2) is 8.35. The van der Waals surface area contributed by atoms with E-state index < -0.39 is 11.2 Å². The molecule has 2 aromatic carbocycles. The van der Waals surface area contributed by atoms with Crippen LogP contribution in [0.1, 0.15) is 18.1 Å². The van der Waals surface area contributed by atoms with Crippen molar-refractivity contribution in [1.29, 1.82) is 0 Å². The molecule has 9 nitrogen and oxygen atoms in total. The Morgan fingerprint density at radius 3 is 2.50 bits per heavy atom. The van der Waals surface area contributed by atoms with E-state index in [1.165, 1.54) is 11.6 Å². The van der Waals surface area contributed by atoms with Gasteiger partial charge in [0.15, 0.2) is 11.2 Å². The van der Waals surface area contributed by atoms with Gasteiger partial charge in [0, 0.05) is 24.7 Å². The van der Waals surface area contributed by atoms with Gasteiger partial charge in [-0.25, -0.2) is 10.2 Å². The Morgan fingerprint density at radius 1 is 1.09 bits per heavy atom. The Hall–Kier alpha value is -3.85. The van der Waals surface area contributed by atoms with E-state index in [1.54, 1.807) is 48.9 Å². The summed E-state index contributed by atoms with van der Waals surface area (Å²) in [6.07, 6.45) is 0. The van der Waals surface area contributed by atoms with E-state index in [4.69, 9.17) is 11.6 Å². The summed E-state index contributed by atoms with van der Waals surface area (Å²) >= 11 is 6.35. The van der Waals surface area contributed by atoms with Crippen LogP contribution in [0.3, 0.4) is 0 Å². The molecule has 32 heavy (non-hydrogen) atoms. The number of halogens is 1. The summed E-state index contributed by atoms with van der Waals surface area (Å²) in [5.74, 6) is 0.351. The Kier molecular flexibility index (Phi) is 5.58. The summed E-state index contributed by atoms with van der Waals surface area (Å²) < 4.78 is 3.98. The lowest BCUT2D eigenvalue weighted by Crippen LogP contribution is -2.37. The van der Waals surface area contributed by atoms with Crippen LogP contribution in [0.25, 0.3) is 11.2 Å². The van der Waals surface area contributed by atoms with Crippen molar-refractivity contribution >= 4 is 34.4 Å². The first-order valence-electron chi connectivity index (χ1n) is 9.78. The zero-order valence-corrected chi connectivity index (χ0v) is 18.5. The number of aromatic hydroxyl groups is 1. The second-order valence-corrected chi connectivity index (χ2v) is 7.72. The number of fused-ring (bicyclic) bond motifs is 1. The first-order chi connectivity index (χ1) is 15.3. The number of hydrazone groups is 1. The molecule has 10 heteroatoms. The number of aryl methyl sites for hydroxylation is 1. The maximum absolute atomic E-state index is 13.0. The SMILES string of the molecule is CC(=NNc1nc2c(c(=O)n(C)c(=O)n2C)n1Cc1ccccc1Cl)c1ccccc1O. The van der Waals surface area contributed by atoms with Crippen LogP contribution in [0.2, 0.25) is 5.02 Å². The van der Waals surface area contributed by atoms with Crippen molar-refractivity contribution in [2.24, 2.45) is 19.2 Å². The van der Waals surface area contributed by atoms with E-state index in [0.717, 1.165) is 10.1 Å². The van der Waals surface area contributed by atoms with Crippen molar-refractivity contribution in [2.75, 3.05) is 5.43 Å². The van der Waals surface area contributed by atoms with Crippen molar-refractivity contribution in [2.45, 2.75) is 13.5 Å². The maximum Gasteiger partial charge on any atom is 0.332 e. The van der Waals surface area contributed by atoms with Crippen LogP contribution in [0.15, 0.2) is 63.2 Å². The van der Waals surface area contributed by atoms with Crippen LogP contribution in [0.4, 0.5) is 5.95 Å². The molecule has 0 bridgehead atoms. The second-order valence-electron chi connectivity index (χ2n) is 7.32. The topological polar surface area (TPSA) is 106 Å². The molecule has 0 aliphatic heterocycles. The number of nitrogens with zero attached hydrogens (tertiary/aromatic N) is 5. The Bertz CT molecular complexity index is 1480. The Balaban J connectivity index is 1.89. The molecule has 0 aliphatic carbocycles. The highest BCUT2D eigenvalue weighted by Gasteiger charge is 2.20. The Morgan fingerprint density at radius 2 is 1.78 bits per heavy atom. The van der Waals surface area contributed by atoms with Gasteiger partial charge in [0.05, 0.1) is 12.3 Å². The number of phenols is 1. The molecule has 164 valence electrons. The summed E-state index contributed by atoms with van der Waals surface area (Å²) in [5, 5.41) is 15.0. The smallest absolute Gasteiger partial charge is 0.332 e. The van der Waals surface area contributed by atoms with Gasteiger partial charge in [0.1, 0.15) is 5.75 Å². The number of aromatic nitrogens is 4. The average Bonchev–Trinajstić information content (AvgIpc) is 3.14. The molecule has 0 unspecified atom stereocenters. The standard InChI is InChI=1S/C22H21ClN6O3/c1-13(15-9-5-7-11-17(15)30)25-26-21-24-19-18(20(31)28(3)22(32)27(19)2)29(21)12-14-8-4-6-10-16(14)23/h4-11,30H,12H2,1-3H3,(H,24,26). The molecule has 0 saturated carbocycles. The van der Waals surface area contributed by atoms with Gasteiger partial charge in [0.2, 0.25) is 5.95 Å². The molecule has 2 N–H and O–H groups in total. The predicted molar refractivity (Wildman–Crippen MR) is 125 cm³/mol. The number of benzene rings is 2. The highest BCUT2D eigenvalue weighted by Crippen LogP contribution is 2.22. The first-order valence-corrected chi connectivity index (χ1v) is 10.2. The quantitative estimate of drug-likeness (QED) is 0.357. The summed E-state index contributed by atoms with van der Waals surface area (Å²) in [7, 11) is 2.97. The molecular formula is C22H21ClN6O3. The van der Waals surface area contributed by atoms with Gasteiger partial charge in [-0.15, -0.1) is 0 Å². The van der Waals surface area contributed by atoms with E-state index in [-0.39, 0.29) is 29.4 Å². The lowest BCUT2D eigenvalue weighted by Gasteiger charge is -2.11. The third-order valence-electron chi connectivity index (χ3n) is 5.25. The van der Waals surface area contributed by atoms with E-state index >= 15 is 0 Å². The lowest BCUT2D eigenvalue weighted by atomic mass is 10.1. The van der Waals surface area contributed by atoms with Gasteiger partial charge >= 0.3 is 5.69 Å². The predicted octanol–water partition coefficient (Wildman–Crippen LogP) is 2.68. The van der Waals surface area contributed by atoms with Crippen LogP contribution >= 0.6 is 11.6 Å². The molecule has 4 aromatic rings. The van der Waals surface area contributed by atoms with Crippen LogP contribution in [0.5, 0.6) is 5.75 Å². The average molecular weight is 453 g/mol. The van der Waals surface area contributed by atoms with E-state index in [0.29, 0.717) is 16.3 Å². The fourth-order valence-electron chi connectivity index (χ4n) is 3.46. The van der Waals surface area contributed by atoms with Crippen molar-refractivity contribution < 1.29 is 5.11 Å². The number of hydrogen-bond acceptors (Lipinski definition) is 6. The van der Waals surface area contributed by atoms with E-state index in [2.05, 4.69) is 15.5 Å². The molecule has 0 amide bonds. The maximum atomic E-state index is 13.0. The lowest BCUT2D eigenvalue weighted by molar-refractivity contribution is 0.474. The van der Waals surface area contributed by atoms with Crippen LogP contribution in [0, 0.1) is 0 Å². The third kappa shape index (κ3) is 3.67. The number of nitrogens with one attached hydrogen (secondary N) is 1. The van der Waals surface area contributed by atoms with Crippen molar-refractivity contribution in [3.05, 3.63) is 85.5 Å². The summed E-state index contributed by atoms with van der Waals surface area (Å²) in [4.78, 5) is 29.9. The molecule has 0 fully saturated rings. The molecule has 0 aliphatic rings. The van der Waals surface area contributed by atoms with Crippen molar-refractivity contribution in [3.8, 4) is 5.75 Å². The molecule has 2 heterocycles. The van der Waals surface area contributed by atoms with E-state index in [9.17, 15) is 14.7 Å². The summed E-state index contributed by atoms with van der Waals surface area (Å²) in [6.45, 7) is 1.97. The number of hydrogen-bond donors (Lipinski definition) is 2. The normalized spacial score (nSPS) is 11.8. The van der Waals surface area contributed by atoms with Gasteiger partial charge in [-0.3, -0.25) is 18.5 Å². The summed E-state index contributed by atoms with van der Waals surface area (Å²) in [5.41, 5.74) is 4.24. The molecule has 0 radical (unpaired) electrons. The van der Waals surface area contributed by atoms with Crippen LogP contribution in [-0.4, -0.2) is 29.5 Å². The van der Waals surface area contributed by atoms with Crippen molar-refractivity contribution in [1.82, 2.24) is 18.7 Å². The van der Waals surface area contributed by atoms with Gasteiger partial charge in [-0.05, 0) is 30.7 Å². The van der Waals surface area contributed by atoms with Gasteiger partial charge < -0.3 is 5.11 Å². The zero-order chi connectivity index (χ0) is 23.0. The van der Waals surface area contributed by atoms with Crippen LogP contribution < -0.4 is 16.7 Å². The molecule has 0 atom stereocenters. The number of anilines is 1. The third-order valence-corrected chi connectivity index (χ3v) is 5.62. The fourth-order valence-corrected chi connectivity index (χ4v) is 3.65. The minimum Gasteiger partial charge on any atom is -0.507 e. The molecule has 0 spiro atoms. The summed E-state index contributed by atoms with van der Waals surface area (Å²) in [6, 6.07) is 14.1. The molecular weight excluding hydrogens is 432 g/mol. The highest BCUT2D eigenvalue weighted by atomic mass is 35.5.